The van der Waals surface area contributed by atoms with Crippen LogP contribution in [0.2, 0.25) is 0 Å². The standard InChI is InChI=1S/C14H19NO3/c1-3-18-11-6-4-10(5-7-11)12(15)14(8-9-14)13(16)17-2/h4-7,12H,3,8-9,15H2,1-2H3. The highest BCUT2D eigenvalue weighted by molar-refractivity contribution is 5.81. The lowest BCUT2D eigenvalue weighted by atomic mass is 9.91. The predicted molar refractivity (Wildman–Crippen MR) is 68.2 cm³/mol. The Labute approximate surface area is 107 Å². The molecule has 0 spiro atoms. The van der Waals surface area contributed by atoms with Crippen LogP contribution in [0.15, 0.2) is 24.3 Å². The van der Waals surface area contributed by atoms with E-state index in [1.54, 1.807) is 0 Å². The van der Waals surface area contributed by atoms with Crippen LogP contribution in [-0.4, -0.2) is 19.7 Å². The maximum absolute atomic E-state index is 11.8. The highest BCUT2D eigenvalue weighted by Gasteiger charge is 2.56. The fourth-order valence-corrected chi connectivity index (χ4v) is 2.24. The van der Waals surface area contributed by atoms with Gasteiger partial charge in [0.1, 0.15) is 5.75 Å². The molecular weight excluding hydrogens is 230 g/mol. The van der Waals surface area contributed by atoms with Crippen LogP contribution in [0.1, 0.15) is 31.4 Å². The molecule has 0 heterocycles. The van der Waals surface area contributed by atoms with Gasteiger partial charge in [0.25, 0.3) is 0 Å². The summed E-state index contributed by atoms with van der Waals surface area (Å²) in [6.07, 6.45) is 1.60. The molecule has 0 bridgehead atoms. The zero-order valence-corrected chi connectivity index (χ0v) is 10.8. The Morgan fingerprint density at radius 2 is 2.00 bits per heavy atom. The zero-order chi connectivity index (χ0) is 13.2. The van der Waals surface area contributed by atoms with Crippen molar-refractivity contribution in [3.63, 3.8) is 0 Å². The van der Waals surface area contributed by atoms with Crippen molar-refractivity contribution in [1.29, 1.82) is 0 Å². The third kappa shape index (κ3) is 2.20. The van der Waals surface area contributed by atoms with Gasteiger partial charge in [0.05, 0.1) is 19.1 Å². The zero-order valence-electron chi connectivity index (χ0n) is 10.8. The number of hydrogen-bond acceptors (Lipinski definition) is 4. The molecule has 0 amide bonds. The van der Waals surface area contributed by atoms with Crippen molar-refractivity contribution in [2.24, 2.45) is 11.1 Å². The number of methoxy groups -OCH3 is 1. The van der Waals surface area contributed by atoms with E-state index in [4.69, 9.17) is 15.2 Å². The second-order valence-corrected chi connectivity index (χ2v) is 4.63. The van der Waals surface area contributed by atoms with Crippen molar-refractivity contribution in [3.8, 4) is 5.75 Å². The number of esters is 1. The average Bonchev–Trinajstić information content (AvgIpc) is 3.20. The molecule has 0 aromatic heterocycles. The first-order valence-corrected chi connectivity index (χ1v) is 6.21. The van der Waals surface area contributed by atoms with Crippen molar-refractivity contribution in [2.75, 3.05) is 13.7 Å². The highest BCUT2D eigenvalue weighted by Crippen LogP contribution is 2.54. The summed E-state index contributed by atoms with van der Waals surface area (Å²) < 4.78 is 10.2. The van der Waals surface area contributed by atoms with E-state index < -0.39 is 5.41 Å². The van der Waals surface area contributed by atoms with E-state index in [2.05, 4.69) is 0 Å². The van der Waals surface area contributed by atoms with Crippen molar-refractivity contribution in [2.45, 2.75) is 25.8 Å². The van der Waals surface area contributed by atoms with E-state index in [9.17, 15) is 4.79 Å². The normalized spacial score (nSPS) is 17.9. The number of rotatable bonds is 5. The Balaban J connectivity index is 2.14. The van der Waals surface area contributed by atoms with Gasteiger partial charge in [-0.05, 0) is 37.5 Å². The van der Waals surface area contributed by atoms with Gasteiger partial charge in [-0.3, -0.25) is 4.79 Å². The van der Waals surface area contributed by atoms with Crippen molar-refractivity contribution in [3.05, 3.63) is 29.8 Å². The second-order valence-electron chi connectivity index (χ2n) is 4.63. The van der Waals surface area contributed by atoms with E-state index in [0.29, 0.717) is 6.61 Å². The molecule has 1 atom stereocenters. The van der Waals surface area contributed by atoms with Gasteiger partial charge in [0.15, 0.2) is 0 Å². The first kappa shape index (κ1) is 12.9. The Kier molecular flexibility index (Phi) is 3.57. The van der Waals surface area contributed by atoms with Crippen LogP contribution < -0.4 is 10.5 Å². The molecule has 18 heavy (non-hydrogen) atoms. The molecule has 0 saturated heterocycles. The van der Waals surface area contributed by atoms with E-state index in [0.717, 1.165) is 24.2 Å². The smallest absolute Gasteiger partial charge is 0.313 e. The maximum Gasteiger partial charge on any atom is 0.313 e. The first-order valence-electron chi connectivity index (χ1n) is 6.21. The fourth-order valence-electron chi connectivity index (χ4n) is 2.24. The van der Waals surface area contributed by atoms with E-state index >= 15 is 0 Å². The molecule has 1 aromatic carbocycles. The predicted octanol–water partition coefficient (Wildman–Crippen LogP) is 2.04. The van der Waals surface area contributed by atoms with Gasteiger partial charge < -0.3 is 15.2 Å². The van der Waals surface area contributed by atoms with E-state index in [1.807, 2.05) is 31.2 Å². The van der Waals surface area contributed by atoms with E-state index in [1.165, 1.54) is 7.11 Å². The molecule has 1 aliphatic carbocycles. The third-order valence-electron chi connectivity index (χ3n) is 3.53. The molecule has 4 nitrogen and oxygen atoms in total. The minimum atomic E-state index is -0.512. The summed E-state index contributed by atoms with van der Waals surface area (Å²) in [4.78, 5) is 11.8. The molecule has 4 heteroatoms. The molecule has 1 saturated carbocycles. The number of carbonyl (C=O) groups excluding carboxylic acids is 1. The molecule has 1 unspecified atom stereocenters. The molecule has 1 fully saturated rings. The molecule has 98 valence electrons. The minimum absolute atomic E-state index is 0.205. The molecule has 1 aliphatic rings. The maximum atomic E-state index is 11.8. The quantitative estimate of drug-likeness (QED) is 0.811. The second kappa shape index (κ2) is 4.98. The summed E-state index contributed by atoms with van der Waals surface area (Å²) in [6, 6.07) is 7.29. The summed E-state index contributed by atoms with van der Waals surface area (Å²) in [5.74, 6) is 0.611. The lowest BCUT2D eigenvalue weighted by Crippen LogP contribution is -2.31. The summed E-state index contributed by atoms with van der Waals surface area (Å²) in [6.45, 7) is 2.58. The summed E-state index contributed by atoms with van der Waals surface area (Å²) in [7, 11) is 1.41. The van der Waals surface area contributed by atoms with Gasteiger partial charge in [-0.1, -0.05) is 12.1 Å². The van der Waals surface area contributed by atoms with E-state index in [-0.39, 0.29) is 12.0 Å². The summed E-state index contributed by atoms with van der Waals surface area (Å²) in [5.41, 5.74) is 6.63. The van der Waals surface area contributed by atoms with Gasteiger partial charge in [0.2, 0.25) is 0 Å². The lowest BCUT2D eigenvalue weighted by molar-refractivity contribution is -0.148. The number of carbonyl (C=O) groups is 1. The van der Waals surface area contributed by atoms with Gasteiger partial charge in [-0.15, -0.1) is 0 Å². The number of nitrogens with two attached hydrogens (primary N) is 1. The average molecular weight is 249 g/mol. The lowest BCUT2D eigenvalue weighted by Gasteiger charge is -2.21. The third-order valence-corrected chi connectivity index (χ3v) is 3.53. The minimum Gasteiger partial charge on any atom is -0.494 e. The van der Waals surface area contributed by atoms with Gasteiger partial charge >= 0.3 is 5.97 Å². The van der Waals surface area contributed by atoms with Crippen LogP contribution in [0.5, 0.6) is 5.75 Å². The van der Waals surface area contributed by atoms with Crippen molar-refractivity contribution in [1.82, 2.24) is 0 Å². The molecule has 0 aliphatic heterocycles. The van der Waals surface area contributed by atoms with Crippen LogP contribution in [0, 0.1) is 5.41 Å². The monoisotopic (exact) mass is 249 g/mol. The van der Waals surface area contributed by atoms with Crippen LogP contribution in [0.4, 0.5) is 0 Å². The van der Waals surface area contributed by atoms with Gasteiger partial charge in [-0.2, -0.15) is 0 Å². The van der Waals surface area contributed by atoms with Gasteiger partial charge in [0, 0.05) is 6.04 Å². The topological polar surface area (TPSA) is 61.5 Å². The highest BCUT2D eigenvalue weighted by atomic mass is 16.5. The van der Waals surface area contributed by atoms with Crippen molar-refractivity contribution < 1.29 is 14.3 Å². The van der Waals surface area contributed by atoms with Crippen LogP contribution in [-0.2, 0) is 9.53 Å². The Bertz CT molecular complexity index is 423. The van der Waals surface area contributed by atoms with Crippen LogP contribution >= 0.6 is 0 Å². The van der Waals surface area contributed by atoms with Crippen molar-refractivity contribution >= 4 is 5.97 Å². The Hall–Kier alpha value is -1.55. The Morgan fingerprint density at radius 3 is 2.44 bits per heavy atom. The van der Waals surface area contributed by atoms with Crippen LogP contribution in [0.25, 0.3) is 0 Å². The molecule has 0 radical (unpaired) electrons. The SMILES string of the molecule is CCOc1ccc(C(N)C2(C(=O)OC)CC2)cc1. The van der Waals surface area contributed by atoms with Crippen LogP contribution in [0.3, 0.4) is 0 Å². The van der Waals surface area contributed by atoms with Gasteiger partial charge in [-0.25, -0.2) is 0 Å². The summed E-state index contributed by atoms with van der Waals surface area (Å²) >= 11 is 0. The molecule has 2 N–H and O–H groups in total. The molecule has 2 rings (SSSR count). The number of ether oxygens (including phenoxy) is 2. The number of benzene rings is 1. The summed E-state index contributed by atoms with van der Waals surface area (Å²) in [5, 5.41) is 0. The first-order chi connectivity index (χ1) is 8.64. The fraction of sp³-hybridized carbons (Fsp3) is 0.500. The molecule has 1 aromatic rings. The number of hydrogen-bond donors (Lipinski definition) is 1. The largest absolute Gasteiger partial charge is 0.494 e. The Morgan fingerprint density at radius 1 is 1.39 bits per heavy atom. The molecular formula is C14H19NO3.